The minimum atomic E-state index is -0.911. The van der Waals surface area contributed by atoms with E-state index in [0.717, 1.165) is 37.4 Å². The SMILES string of the molecule is CC1(C)C(C#N)=C(SCC(=O)NC2CCCCCC2)NC(=O)[C@@H]1C#N. The summed E-state index contributed by atoms with van der Waals surface area (Å²) in [5, 5.41) is 24.7. The molecule has 0 aromatic heterocycles. The molecule has 1 aliphatic heterocycles. The zero-order chi connectivity index (χ0) is 18.4. The summed E-state index contributed by atoms with van der Waals surface area (Å²) in [6.45, 7) is 3.43. The second-order valence-corrected chi connectivity index (χ2v) is 8.12. The number of amides is 2. The van der Waals surface area contributed by atoms with Crippen LogP contribution in [0.5, 0.6) is 0 Å². The van der Waals surface area contributed by atoms with Gasteiger partial charge in [0.2, 0.25) is 11.8 Å². The van der Waals surface area contributed by atoms with Gasteiger partial charge in [-0.2, -0.15) is 10.5 Å². The number of hydrogen-bond acceptors (Lipinski definition) is 5. The van der Waals surface area contributed by atoms with Gasteiger partial charge in [-0.05, 0) is 12.8 Å². The van der Waals surface area contributed by atoms with Crippen molar-refractivity contribution in [3.05, 3.63) is 10.6 Å². The lowest BCUT2D eigenvalue weighted by molar-refractivity contribution is -0.125. The van der Waals surface area contributed by atoms with Crippen molar-refractivity contribution >= 4 is 23.6 Å². The van der Waals surface area contributed by atoms with Gasteiger partial charge in [-0.1, -0.05) is 51.3 Å². The quantitative estimate of drug-likeness (QED) is 0.750. The molecule has 134 valence electrons. The zero-order valence-corrected chi connectivity index (χ0v) is 15.5. The summed E-state index contributed by atoms with van der Waals surface area (Å²) in [7, 11) is 0. The number of nitrogens with one attached hydrogen (secondary N) is 2. The molecular weight excluding hydrogens is 336 g/mol. The third-order valence-corrected chi connectivity index (χ3v) is 5.90. The van der Waals surface area contributed by atoms with Crippen LogP contribution in [0, 0.1) is 34.0 Å². The Balaban J connectivity index is 2.02. The second kappa shape index (κ2) is 8.40. The summed E-state index contributed by atoms with van der Waals surface area (Å²) < 4.78 is 0. The Labute approximate surface area is 153 Å². The number of rotatable bonds is 4. The molecule has 1 atom stereocenters. The van der Waals surface area contributed by atoms with Crippen LogP contribution in [-0.2, 0) is 9.59 Å². The Bertz CT molecular complexity index is 649. The standard InChI is InChI=1S/C18H24N4O2S/c1-18(2)13(9-19)16(24)22-17(14(18)10-20)25-11-15(23)21-12-7-5-3-4-6-8-12/h12-13H,3-8,11H2,1-2H3,(H,21,23)(H,22,24)/t13-/m0/s1. The molecule has 1 aliphatic carbocycles. The normalized spacial score (nSPS) is 23.8. The minimum absolute atomic E-state index is 0.0869. The molecule has 1 heterocycles. The second-order valence-electron chi connectivity index (χ2n) is 7.13. The average Bonchev–Trinajstić information content (AvgIpc) is 2.81. The minimum Gasteiger partial charge on any atom is -0.353 e. The Morgan fingerprint density at radius 3 is 2.48 bits per heavy atom. The maximum absolute atomic E-state index is 12.2. The van der Waals surface area contributed by atoms with Crippen molar-refractivity contribution in [1.82, 2.24) is 10.6 Å². The van der Waals surface area contributed by atoms with Gasteiger partial charge < -0.3 is 10.6 Å². The van der Waals surface area contributed by atoms with E-state index in [1.54, 1.807) is 13.8 Å². The van der Waals surface area contributed by atoms with Crippen LogP contribution in [0.25, 0.3) is 0 Å². The molecule has 0 spiro atoms. The van der Waals surface area contributed by atoms with E-state index in [0.29, 0.717) is 10.6 Å². The number of nitrogens with zero attached hydrogens (tertiary/aromatic N) is 2. The third kappa shape index (κ3) is 4.55. The summed E-state index contributed by atoms with van der Waals surface area (Å²) in [6, 6.07) is 4.29. The van der Waals surface area contributed by atoms with Gasteiger partial charge >= 0.3 is 0 Å². The molecular formula is C18H24N4O2S. The van der Waals surface area contributed by atoms with Gasteiger partial charge in [-0.15, -0.1) is 0 Å². The first kappa shape index (κ1) is 19.3. The van der Waals surface area contributed by atoms with E-state index in [2.05, 4.69) is 16.7 Å². The van der Waals surface area contributed by atoms with Crippen molar-refractivity contribution in [2.45, 2.75) is 58.4 Å². The predicted octanol–water partition coefficient (Wildman–Crippen LogP) is 2.59. The van der Waals surface area contributed by atoms with Crippen molar-refractivity contribution in [3.8, 4) is 12.1 Å². The molecule has 6 nitrogen and oxygen atoms in total. The van der Waals surface area contributed by atoms with Crippen molar-refractivity contribution in [3.63, 3.8) is 0 Å². The summed E-state index contributed by atoms with van der Waals surface area (Å²) in [5.41, 5.74) is -0.516. The fourth-order valence-corrected chi connectivity index (χ4v) is 4.35. The van der Waals surface area contributed by atoms with Crippen molar-refractivity contribution in [1.29, 1.82) is 10.5 Å². The number of carbonyl (C=O) groups excluding carboxylic acids is 2. The number of thioether (sulfide) groups is 1. The summed E-state index contributed by atoms with van der Waals surface area (Å²) in [4.78, 5) is 24.3. The van der Waals surface area contributed by atoms with Crippen molar-refractivity contribution in [2.75, 3.05) is 5.75 Å². The number of nitriles is 2. The van der Waals surface area contributed by atoms with E-state index in [1.807, 2.05) is 6.07 Å². The van der Waals surface area contributed by atoms with Gasteiger partial charge in [0.25, 0.3) is 0 Å². The smallest absolute Gasteiger partial charge is 0.243 e. The largest absolute Gasteiger partial charge is 0.353 e. The number of carbonyl (C=O) groups is 2. The monoisotopic (exact) mass is 360 g/mol. The van der Waals surface area contributed by atoms with Crippen molar-refractivity contribution in [2.24, 2.45) is 11.3 Å². The molecule has 0 bridgehead atoms. The van der Waals surface area contributed by atoms with E-state index in [1.165, 1.54) is 12.8 Å². The van der Waals surface area contributed by atoms with Gasteiger partial charge in [0.05, 0.1) is 28.5 Å². The molecule has 2 amide bonds. The Kier molecular flexibility index (Phi) is 6.50. The highest BCUT2D eigenvalue weighted by Crippen LogP contribution is 2.41. The molecule has 0 radical (unpaired) electrons. The topological polar surface area (TPSA) is 106 Å². The van der Waals surface area contributed by atoms with E-state index in [-0.39, 0.29) is 17.7 Å². The highest BCUT2D eigenvalue weighted by atomic mass is 32.2. The van der Waals surface area contributed by atoms with Crippen LogP contribution >= 0.6 is 11.8 Å². The lowest BCUT2D eigenvalue weighted by atomic mass is 9.72. The fraction of sp³-hybridized carbons (Fsp3) is 0.667. The first-order valence-electron chi connectivity index (χ1n) is 8.67. The predicted molar refractivity (Wildman–Crippen MR) is 95.8 cm³/mol. The molecule has 2 N–H and O–H groups in total. The molecule has 1 fully saturated rings. The zero-order valence-electron chi connectivity index (χ0n) is 14.7. The maximum atomic E-state index is 12.2. The van der Waals surface area contributed by atoms with Crippen LogP contribution in [0.4, 0.5) is 0 Å². The number of hydrogen-bond donors (Lipinski definition) is 2. The molecule has 7 heteroatoms. The first-order chi connectivity index (χ1) is 11.9. The number of allylic oxidation sites excluding steroid dienone is 1. The van der Waals surface area contributed by atoms with E-state index >= 15 is 0 Å². The summed E-state index contributed by atoms with van der Waals surface area (Å²) in [6.07, 6.45) is 6.75. The fourth-order valence-electron chi connectivity index (χ4n) is 3.37. The molecule has 0 aromatic rings. The molecule has 2 aliphatic rings. The van der Waals surface area contributed by atoms with E-state index < -0.39 is 17.2 Å². The Hall–Kier alpha value is -1.99. The van der Waals surface area contributed by atoms with Gasteiger partial charge in [0.1, 0.15) is 5.92 Å². The maximum Gasteiger partial charge on any atom is 0.243 e. The van der Waals surface area contributed by atoms with Gasteiger partial charge in [0, 0.05) is 11.5 Å². The lowest BCUT2D eigenvalue weighted by Gasteiger charge is -2.34. The third-order valence-electron chi connectivity index (χ3n) is 4.90. The Morgan fingerprint density at radius 2 is 1.92 bits per heavy atom. The molecule has 0 aromatic carbocycles. The van der Waals surface area contributed by atoms with Gasteiger partial charge in [0.15, 0.2) is 0 Å². The van der Waals surface area contributed by atoms with Crippen LogP contribution in [0.15, 0.2) is 10.6 Å². The first-order valence-corrected chi connectivity index (χ1v) is 9.66. The van der Waals surface area contributed by atoms with Crippen LogP contribution in [0.1, 0.15) is 52.4 Å². The average molecular weight is 360 g/mol. The highest BCUT2D eigenvalue weighted by molar-refractivity contribution is 8.03. The molecule has 0 saturated heterocycles. The van der Waals surface area contributed by atoms with Crippen LogP contribution < -0.4 is 10.6 Å². The van der Waals surface area contributed by atoms with E-state index in [9.17, 15) is 20.1 Å². The highest BCUT2D eigenvalue weighted by Gasteiger charge is 2.44. The van der Waals surface area contributed by atoms with E-state index in [4.69, 9.17) is 0 Å². The lowest BCUT2D eigenvalue weighted by Crippen LogP contribution is -2.45. The van der Waals surface area contributed by atoms with Crippen molar-refractivity contribution < 1.29 is 9.59 Å². The molecule has 0 unspecified atom stereocenters. The molecule has 25 heavy (non-hydrogen) atoms. The summed E-state index contributed by atoms with van der Waals surface area (Å²) in [5.74, 6) is -1.27. The molecule has 1 saturated carbocycles. The van der Waals surface area contributed by atoms with Gasteiger partial charge in [-0.25, -0.2) is 0 Å². The van der Waals surface area contributed by atoms with Crippen LogP contribution in [-0.4, -0.2) is 23.6 Å². The summed E-state index contributed by atoms with van der Waals surface area (Å²) >= 11 is 1.15. The Morgan fingerprint density at radius 1 is 1.28 bits per heavy atom. The van der Waals surface area contributed by atoms with Gasteiger partial charge in [-0.3, -0.25) is 9.59 Å². The van der Waals surface area contributed by atoms with Crippen LogP contribution in [0.3, 0.4) is 0 Å². The van der Waals surface area contributed by atoms with Crippen LogP contribution in [0.2, 0.25) is 0 Å². The molecule has 2 rings (SSSR count).